The Hall–Kier alpha value is -2.93. The Morgan fingerprint density at radius 2 is 1.58 bits per heavy atom. The fourth-order valence-corrected chi connectivity index (χ4v) is 4.42. The van der Waals surface area contributed by atoms with E-state index in [1.54, 1.807) is 23.9 Å². The standard InChI is InChI=1S/C25H29N3O3/c1-18-14-27(16-20-5-9-22(10-6-20)24-4-3-13-31-24)15-19(2)28(18)17-21-7-11-23(12-8-21)25(29)26-30/h3-13,18-19,30H,14-17H2,1-2H3,(H,26,29). The van der Waals surface area contributed by atoms with E-state index in [0.717, 1.165) is 43.1 Å². The van der Waals surface area contributed by atoms with E-state index in [1.165, 1.54) is 5.56 Å². The molecule has 0 bridgehead atoms. The fraction of sp³-hybridized carbons (Fsp3) is 0.320. The van der Waals surface area contributed by atoms with Crippen molar-refractivity contribution in [3.63, 3.8) is 0 Å². The second-order valence-electron chi connectivity index (χ2n) is 8.38. The number of hydroxylamine groups is 1. The summed E-state index contributed by atoms with van der Waals surface area (Å²) in [7, 11) is 0. The van der Waals surface area contributed by atoms with Crippen LogP contribution in [0, 0.1) is 0 Å². The molecule has 162 valence electrons. The van der Waals surface area contributed by atoms with Gasteiger partial charge in [0.1, 0.15) is 5.76 Å². The number of carbonyl (C=O) groups is 1. The molecule has 2 N–H and O–H groups in total. The molecule has 6 heteroatoms. The van der Waals surface area contributed by atoms with Crippen LogP contribution in [0.3, 0.4) is 0 Å². The molecule has 31 heavy (non-hydrogen) atoms. The Balaban J connectivity index is 1.35. The monoisotopic (exact) mass is 419 g/mol. The molecular formula is C25H29N3O3. The number of nitrogens with zero attached hydrogens (tertiary/aromatic N) is 2. The zero-order chi connectivity index (χ0) is 21.8. The smallest absolute Gasteiger partial charge is 0.274 e. The summed E-state index contributed by atoms with van der Waals surface area (Å²) in [6, 6.07) is 20.8. The molecule has 0 radical (unpaired) electrons. The summed E-state index contributed by atoms with van der Waals surface area (Å²) >= 11 is 0. The van der Waals surface area contributed by atoms with Gasteiger partial charge in [-0.25, -0.2) is 5.48 Å². The van der Waals surface area contributed by atoms with Crippen molar-refractivity contribution < 1.29 is 14.4 Å². The van der Waals surface area contributed by atoms with Gasteiger partial charge in [0.25, 0.3) is 5.91 Å². The van der Waals surface area contributed by atoms with Crippen LogP contribution in [0.25, 0.3) is 11.3 Å². The van der Waals surface area contributed by atoms with E-state index in [9.17, 15) is 4.79 Å². The van der Waals surface area contributed by atoms with Gasteiger partial charge in [-0.15, -0.1) is 0 Å². The van der Waals surface area contributed by atoms with Gasteiger partial charge in [-0.1, -0.05) is 36.4 Å². The van der Waals surface area contributed by atoms with Crippen LogP contribution in [0.4, 0.5) is 0 Å². The molecule has 0 spiro atoms. The zero-order valence-corrected chi connectivity index (χ0v) is 18.0. The largest absolute Gasteiger partial charge is 0.464 e. The Morgan fingerprint density at radius 3 is 2.16 bits per heavy atom. The van der Waals surface area contributed by atoms with E-state index in [-0.39, 0.29) is 0 Å². The van der Waals surface area contributed by atoms with Gasteiger partial charge in [0.15, 0.2) is 0 Å². The molecule has 3 aromatic rings. The maximum atomic E-state index is 11.5. The predicted octanol–water partition coefficient (Wildman–Crippen LogP) is 4.16. The summed E-state index contributed by atoms with van der Waals surface area (Å²) in [6.07, 6.45) is 1.70. The Morgan fingerprint density at radius 1 is 0.968 bits per heavy atom. The van der Waals surface area contributed by atoms with E-state index in [1.807, 2.05) is 24.3 Å². The highest BCUT2D eigenvalue weighted by atomic mass is 16.5. The van der Waals surface area contributed by atoms with Gasteiger partial charge in [-0.05, 0) is 49.2 Å². The van der Waals surface area contributed by atoms with Crippen LogP contribution in [-0.4, -0.2) is 46.1 Å². The van der Waals surface area contributed by atoms with Gasteiger partial charge < -0.3 is 4.42 Å². The number of piperazine rings is 1. The number of furan rings is 1. The Labute approximate surface area is 183 Å². The van der Waals surface area contributed by atoms with Crippen LogP contribution in [-0.2, 0) is 13.1 Å². The van der Waals surface area contributed by atoms with Crippen LogP contribution in [0.1, 0.15) is 35.3 Å². The van der Waals surface area contributed by atoms with Crippen LogP contribution < -0.4 is 5.48 Å². The summed E-state index contributed by atoms with van der Waals surface area (Å²) in [5.74, 6) is 0.409. The molecule has 1 amide bonds. The zero-order valence-electron chi connectivity index (χ0n) is 18.0. The van der Waals surface area contributed by atoms with Crippen LogP contribution in [0.15, 0.2) is 71.3 Å². The summed E-state index contributed by atoms with van der Waals surface area (Å²) in [4.78, 5) is 16.5. The van der Waals surface area contributed by atoms with E-state index in [2.05, 4.69) is 47.9 Å². The molecule has 1 aliphatic heterocycles. The number of carbonyl (C=O) groups excluding carboxylic acids is 1. The maximum Gasteiger partial charge on any atom is 0.274 e. The minimum atomic E-state index is -0.487. The molecule has 2 unspecified atom stereocenters. The number of nitrogens with one attached hydrogen (secondary N) is 1. The molecule has 1 aromatic heterocycles. The highest BCUT2D eigenvalue weighted by Gasteiger charge is 2.29. The van der Waals surface area contributed by atoms with Crippen molar-refractivity contribution in [2.75, 3.05) is 13.1 Å². The normalized spacial score (nSPS) is 20.0. The Kier molecular flexibility index (Phi) is 6.51. The lowest BCUT2D eigenvalue weighted by Gasteiger charge is -2.44. The van der Waals surface area contributed by atoms with E-state index < -0.39 is 5.91 Å². The first-order chi connectivity index (χ1) is 15.0. The van der Waals surface area contributed by atoms with Gasteiger partial charge in [-0.2, -0.15) is 0 Å². The maximum absolute atomic E-state index is 11.5. The first-order valence-corrected chi connectivity index (χ1v) is 10.7. The van der Waals surface area contributed by atoms with Gasteiger partial charge in [0.05, 0.1) is 6.26 Å². The fourth-order valence-electron chi connectivity index (χ4n) is 4.42. The first kappa shape index (κ1) is 21.3. The third-order valence-electron chi connectivity index (χ3n) is 6.03. The summed E-state index contributed by atoms with van der Waals surface area (Å²) in [5.41, 5.74) is 5.69. The van der Waals surface area contributed by atoms with Crippen molar-refractivity contribution in [3.05, 3.63) is 83.6 Å². The molecular weight excluding hydrogens is 390 g/mol. The minimum Gasteiger partial charge on any atom is -0.464 e. The number of rotatable bonds is 6. The third-order valence-corrected chi connectivity index (χ3v) is 6.03. The first-order valence-electron chi connectivity index (χ1n) is 10.7. The van der Waals surface area contributed by atoms with Gasteiger partial charge in [0.2, 0.25) is 0 Å². The van der Waals surface area contributed by atoms with Crippen molar-refractivity contribution in [2.24, 2.45) is 0 Å². The van der Waals surface area contributed by atoms with E-state index in [0.29, 0.717) is 17.6 Å². The molecule has 2 atom stereocenters. The molecule has 1 fully saturated rings. The lowest BCUT2D eigenvalue weighted by molar-refractivity contribution is 0.0290. The molecule has 1 saturated heterocycles. The molecule has 6 nitrogen and oxygen atoms in total. The molecule has 1 aliphatic rings. The quantitative estimate of drug-likeness (QED) is 0.464. The lowest BCUT2D eigenvalue weighted by atomic mass is 10.0. The van der Waals surface area contributed by atoms with Crippen molar-refractivity contribution in [2.45, 2.75) is 39.0 Å². The van der Waals surface area contributed by atoms with Crippen molar-refractivity contribution in [1.82, 2.24) is 15.3 Å². The van der Waals surface area contributed by atoms with Crippen molar-refractivity contribution in [1.29, 1.82) is 0 Å². The molecule has 4 rings (SSSR count). The number of benzene rings is 2. The van der Waals surface area contributed by atoms with Crippen LogP contribution >= 0.6 is 0 Å². The van der Waals surface area contributed by atoms with Crippen molar-refractivity contribution in [3.8, 4) is 11.3 Å². The molecule has 0 saturated carbocycles. The Bertz CT molecular complexity index is 972. The van der Waals surface area contributed by atoms with E-state index in [4.69, 9.17) is 9.62 Å². The van der Waals surface area contributed by atoms with Gasteiger partial charge in [0, 0.05) is 49.4 Å². The van der Waals surface area contributed by atoms with Crippen LogP contribution in [0.5, 0.6) is 0 Å². The summed E-state index contributed by atoms with van der Waals surface area (Å²) in [5, 5.41) is 8.76. The minimum absolute atomic E-state index is 0.423. The van der Waals surface area contributed by atoms with Crippen molar-refractivity contribution >= 4 is 5.91 Å². The summed E-state index contributed by atoms with van der Waals surface area (Å²) < 4.78 is 5.48. The third kappa shape index (κ3) is 5.05. The molecule has 0 aliphatic carbocycles. The second-order valence-corrected chi connectivity index (χ2v) is 8.38. The van der Waals surface area contributed by atoms with E-state index >= 15 is 0 Å². The van der Waals surface area contributed by atoms with Gasteiger partial charge >= 0.3 is 0 Å². The highest BCUT2D eigenvalue weighted by molar-refractivity contribution is 5.93. The SMILES string of the molecule is CC1CN(Cc2ccc(-c3ccco3)cc2)CC(C)N1Cc1ccc(C(=O)NO)cc1. The predicted molar refractivity (Wildman–Crippen MR) is 120 cm³/mol. The highest BCUT2D eigenvalue weighted by Crippen LogP contribution is 2.23. The average molecular weight is 420 g/mol. The van der Waals surface area contributed by atoms with Gasteiger partial charge in [-0.3, -0.25) is 19.8 Å². The van der Waals surface area contributed by atoms with Crippen LogP contribution in [0.2, 0.25) is 0 Å². The topological polar surface area (TPSA) is 69.0 Å². The summed E-state index contributed by atoms with van der Waals surface area (Å²) in [6.45, 7) is 8.35. The average Bonchev–Trinajstić information content (AvgIpc) is 3.32. The molecule has 2 heterocycles. The molecule has 2 aromatic carbocycles. The lowest BCUT2D eigenvalue weighted by Crippen LogP contribution is -2.55. The second kappa shape index (κ2) is 9.47. The number of hydrogen-bond donors (Lipinski definition) is 2. The number of hydrogen-bond acceptors (Lipinski definition) is 5. The number of amides is 1.